The fraction of sp³-hybridized carbons (Fsp3) is 0.700. The van der Waals surface area contributed by atoms with E-state index in [1.807, 2.05) is 7.05 Å². The Morgan fingerprint density at radius 2 is 2.07 bits per heavy atom. The summed E-state index contributed by atoms with van der Waals surface area (Å²) in [6, 6.07) is 6.47. The van der Waals surface area contributed by atoms with Crippen LogP contribution < -0.4 is 10.1 Å². The molecule has 1 saturated carbocycles. The van der Waals surface area contributed by atoms with Gasteiger partial charge in [0, 0.05) is 25.0 Å². The van der Waals surface area contributed by atoms with Crippen LogP contribution in [0.3, 0.4) is 0 Å². The monoisotopic (exact) mass is 399 g/mol. The summed E-state index contributed by atoms with van der Waals surface area (Å²) in [4.78, 5) is 14.3. The van der Waals surface area contributed by atoms with E-state index in [0.29, 0.717) is 31.0 Å². The molecule has 5 nitrogen and oxygen atoms in total. The van der Waals surface area contributed by atoms with Crippen LogP contribution in [-0.2, 0) is 0 Å². The molecular weight excluding hydrogens is 371 g/mol. The number of nitroso groups, excluding NO2 is 1. The van der Waals surface area contributed by atoms with Gasteiger partial charge in [0.2, 0.25) is 0 Å². The van der Waals surface area contributed by atoms with Crippen LogP contribution in [0.15, 0.2) is 29.4 Å². The lowest BCUT2D eigenvalue weighted by molar-refractivity contribution is -0.274. The molecule has 1 aliphatic carbocycles. The quantitative estimate of drug-likeness (QED) is 0.689. The molecule has 1 saturated heterocycles. The molecule has 3 rings (SSSR count). The summed E-state index contributed by atoms with van der Waals surface area (Å²) < 4.78 is 42.1. The van der Waals surface area contributed by atoms with Crippen LogP contribution in [0.25, 0.3) is 0 Å². The van der Waals surface area contributed by atoms with Gasteiger partial charge >= 0.3 is 6.36 Å². The molecule has 8 heteroatoms. The lowest BCUT2D eigenvalue weighted by Gasteiger charge is -2.40. The van der Waals surface area contributed by atoms with E-state index < -0.39 is 11.9 Å². The normalized spacial score (nSPS) is 24.1. The van der Waals surface area contributed by atoms with Gasteiger partial charge in [-0.15, -0.1) is 13.2 Å². The van der Waals surface area contributed by atoms with E-state index in [1.54, 1.807) is 12.1 Å². The molecule has 1 heterocycles. The van der Waals surface area contributed by atoms with Crippen LogP contribution in [0.5, 0.6) is 5.75 Å². The Balaban J connectivity index is 1.89. The number of nitrogens with zero attached hydrogens (tertiary/aromatic N) is 2. The molecule has 1 aromatic rings. The first-order valence-electron chi connectivity index (χ1n) is 9.95. The van der Waals surface area contributed by atoms with Crippen molar-refractivity contribution < 1.29 is 17.9 Å². The zero-order valence-electron chi connectivity index (χ0n) is 16.2. The van der Waals surface area contributed by atoms with Crippen LogP contribution in [-0.4, -0.2) is 49.5 Å². The molecule has 0 spiro atoms. The molecule has 0 radical (unpaired) electrons. The second kappa shape index (κ2) is 8.78. The minimum atomic E-state index is -4.74. The molecule has 28 heavy (non-hydrogen) atoms. The number of ether oxygens (including phenoxy) is 1. The highest BCUT2D eigenvalue weighted by molar-refractivity contribution is 5.34. The van der Waals surface area contributed by atoms with Crippen molar-refractivity contribution in [1.29, 1.82) is 0 Å². The first-order valence-corrected chi connectivity index (χ1v) is 9.95. The SMILES string of the molecule is CN[C@H]1CCN(CC(c2cccc(OC(F)(F)F)c2)C2(N=O)CCCCC2)C1. The van der Waals surface area contributed by atoms with Gasteiger partial charge in [-0.3, -0.25) is 0 Å². The summed E-state index contributed by atoms with van der Waals surface area (Å²) in [6.07, 6.45) is 0.521. The molecule has 0 aromatic heterocycles. The Labute approximate surface area is 163 Å². The van der Waals surface area contributed by atoms with Crippen molar-refractivity contribution in [3.05, 3.63) is 34.7 Å². The molecule has 1 aliphatic heterocycles. The van der Waals surface area contributed by atoms with E-state index in [1.165, 1.54) is 12.1 Å². The third-order valence-electron chi connectivity index (χ3n) is 6.17. The van der Waals surface area contributed by atoms with Crippen molar-refractivity contribution in [3.8, 4) is 5.75 Å². The van der Waals surface area contributed by atoms with E-state index >= 15 is 0 Å². The van der Waals surface area contributed by atoms with Crippen molar-refractivity contribution in [2.24, 2.45) is 5.18 Å². The van der Waals surface area contributed by atoms with E-state index in [9.17, 15) is 18.1 Å². The summed E-state index contributed by atoms with van der Waals surface area (Å²) in [7, 11) is 1.93. The third-order valence-corrected chi connectivity index (χ3v) is 6.17. The van der Waals surface area contributed by atoms with Crippen LogP contribution in [0.1, 0.15) is 50.0 Å². The first-order chi connectivity index (χ1) is 13.3. The summed E-state index contributed by atoms with van der Waals surface area (Å²) in [5, 5.41) is 6.86. The Morgan fingerprint density at radius 1 is 1.32 bits per heavy atom. The summed E-state index contributed by atoms with van der Waals surface area (Å²) >= 11 is 0. The van der Waals surface area contributed by atoms with E-state index in [-0.39, 0.29) is 11.7 Å². The molecule has 1 unspecified atom stereocenters. The van der Waals surface area contributed by atoms with Gasteiger partial charge in [0.1, 0.15) is 11.3 Å². The molecule has 1 aromatic carbocycles. The van der Waals surface area contributed by atoms with Crippen LogP contribution in [0, 0.1) is 4.91 Å². The fourth-order valence-electron chi connectivity index (χ4n) is 4.67. The van der Waals surface area contributed by atoms with Crippen LogP contribution in [0.4, 0.5) is 13.2 Å². The minimum Gasteiger partial charge on any atom is -0.406 e. The molecule has 0 amide bonds. The largest absolute Gasteiger partial charge is 0.573 e. The number of rotatable bonds is 7. The van der Waals surface area contributed by atoms with Gasteiger partial charge < -0.3 is 15.0 Å². The Morgan fingerprint density at radius 3 is 2.68 bits per heavy atom. The average molecular weight is 399 g/mol. The number of benzene rings is 1. The highest BCUT2D eigenvalue weighted by Gasteiger charge is 2.44. The van der Waals surface area contributed by atoms with E-state index in [0.717, 1.165) is 38.8 Å². The van der Waals surface area contributed by atoms with Gasteiger partial charge in [0.25, 0.3) is 0 Å². The predicted octanol–water partition coefficient (Wildman–Crippen LogP) is 4.43. The van der Waals surface area contributed by atoms with Crippen molar-refractivity contribution >= 4 is 0 Å². The van der Waals surface area contributed by atoms with Gasteiger partial charge in [0.05, 0.1) is 0 Å². The number of alkyl halides is 3. The topological polar surface area (TPSA) is 53.9 Å². The maximum atomic E-state index is 12.7. The lowest BCUT2D eigenvalue weighted by atomic mass is 9.70. The molecule has 156 valence electrons. The highest BCUT2D eigenvalue weighted by Crippen LogP contribution is 2.44. The average Bonchev–Trinajstić information content (AvgIpc) is 3.13. The Bertz CT molecular complexity index is 662. The smallest absolute Gasteiger partial charge is 0.406 e. The zero-order valence-corrected chi connectivity index (χ0v) is 16.2. The molecule has 1 N–H and O–H groups in total. The van der Waals surface area contributed by atoms with Crippen molar-refractivity contribution in [3.63, 3.8) is 0 Å². The van der Waals surface area contributed by atoms with E-state index in [2.05, 4.69) is 20.1 Å². The van der Waals surface area contributed by atoms with E-state index in [4.69, 9.17) is 0 Å². The number of hydrogen-bond acceptors (Lipinski definition) is 5. The van der Waals surface area contributed by atoms with Gasteiger partial charge in [-0.05, 0) is 50.6 Å². The molecular formula is C20H28F3N3O2. The molecule has 0 bridgehead atoms. The molecule has 2 fully saturated rings. The fourth-order valence-corrected chi connectivity index (χ4v) is 4.67. The predicted molar refractivity (Wildman–Crippen MR) is 101 cm³/mol. The minimum absolute atomic E-state index is 0.249. The molecule has 2 aliphatic rings. The zero-order chi connectivity index (χ0) is 20.2. The number of halogens is 3. The van der Waals surface area contributed by atoms with Crippen LogP contribution in [0.2, 0.25) is 0 Å². The van der Waals surface area contributed by atoms with Crippen molar-refractivity contribution in [2.75, 3.05) is 26.7 Å². The van der Waals surface area contributed by atoms with Gasteiger partial charge in [-0.1, -0.05) is 36.6 Å². The maximum absolute atomic E-state index is 12.7. The third kappa shape index (κ3) is 5.03. The Kier molecular flexibility index (Phi) is 6.60. The second-order valence-electron chi connectivity index (χ2n) is 7.96. The number of nitrogens with one attached hydrogen (secondary N) is 1. The van der Waals surface area contributed by atoms with Gasteiger partial charge in [-0.25, -0.2) is 0 Å². The lowest BCUT2D eigenvalue weighted by Crippen LogP contribution is -2.43. The highest BCUT2D eigenvalue weighted by atomic mass is 19.4. The van der Waals surface area contributed by atoms with Crippen LogP contribution >= 0.6 is 0 Å². The summed E-state index contributed by atoms with van der Waals surface area (Å²) in [5.74, 6) is -0.501. The number of likely N-dealkylation sites (tertiary alicyclic amines) is 1. The Hall–Kier alpha value is -1.67. The number of hydrogen-bond donors (Lipinski definition) is 1. The van der Waals surface area contributed by atoms with Crippen molar-refractivity contribution in [2.45, 2.75) is 62.4 Å². The summed E-state index contributed by atoms with van der Waals surface area (Å²) in [5.41, 5.74) is -0.0801. The van der Waals surface area contributed by atoms with Gasteiger partial charge in [-0.2, -0.15) is 4.91 Å². The standard InChI is InChI=1S/C20H28F3N3O2/c1-24-16-8-11-26(13-16)14-18(19(25-27)9-3-2-4-10-19)15-6-5-7-17(12-15)28-20(21,22)23/h5-7,12,16,18,24H,2-4,8-11,13-14H2,1H3/t16-,18?/m0/s1. The first kappa shape index (κ1) is 21.0. The number of likely N-dealkylation sites (N-methyl/N-ethyl adjacent to an activating group) is 1. The molecule has 2 atom stereocenters. The second-order valence-corrected chi connectivity index (χ2v) is 7.96. The van der Waals surface area contributed by atoms with Crippen molar-refractivity contribution in [1.82, 2.24) is 10.2 Å². The van der Waals surface area contributed by atoms with Gasteiger partial charge in [0.15, 0.2) is 0 Å². The maximum Gasteiger partial charge on any atom is 0.573 e. The summed E-state index contributed by atoms with van der Waals surface area (Å²) in [6.45, 7) is 2.37.